The van der Waals surface area contributed by atoms with E-state index in [9.17, 15) is 9.59 Å². The van der Waals surface area contributed by atoms with E-state index >= 15 is 0 Å². The molecule has 0 aromatic rings. The Bertz CT molecular complexity index is 329. The fourth-order valence-electron chi connectivity index (χ4n) is 2.86. The standard InChI is InChI=1S/C14H23NO3S/c1-2-18-14(17)12-4-3-7-15(12)13(16)10-11-5-8-19-9-6-11/h11-12H,2-10H2,1H3. The van der Waals surface area contributed by atoms with Crippen LogP contribution in [0.4, 0.5) is 0 Å². The van der Waals surface area contributed by atoms with Crippen molar-refractivity contribution in [3.63, 3.8) is 0 Å². The van der Waals surface area contributed by atoms with E-state index < -0.39 is 0 Å². The first-order chi connectivity index (χ1) is 9.22. The Labute approximate surface area is 119 Å². The molecule has 0 radical (unpaired) electrons. The second kappa shape index (κ2) is 7.17. The van der Waals surface area contributed by atoms with Crippen LogP contribution in [-0.2, 0) is 14.3 Å². The molecule has 4 nitrogen and oxygen atoms in total. The molecule has 0 saturated carbocycles. The largest absolute Gasteiger partial charge is 0.464 e. The molecule has 2 aliphatic rings. The summed E-state index contributed by atoms with van der Waals surface area (Å²) in [5.41, 5.74) is 0. The van der Waals surface area contributed by atoms with Gasteiger partial charge in [-0.2, -0.15) is 11.8 Å². The maximum atomic E-state index is 12.3. The summed E-state index contributed by atoms with van der Waals surface area (Å²) in [6.07, 6.45) is 4.54. The molecular weight excluding hydrogens is 262 g/mol. The zero-order chi connectivity index (χ0) is 13.7. The summed E-state index contributed by atoms with van der Waals surface area (Å²) in [5, 5.41) is 0. The van der Waals surface area contributed by atoms with Crippen LogP contribution in [0, 0.1) is 5.92 Å². The van der Waals surface area contributed by atoms with E-state index in [2.05, 4.69) is 0 Å². The number of carbonyl (C=O) groups is 2. The number of likely N-dealkylation sites (tertiary alicyclic amines) is 1. The van der Waals surface area contributed by atoms with Crippen LogP contribution < -0.4 is 0 Å². The average Bonchev–Trinajstić information content (AvgIpc) is 2.89. The molecule has 2 fully saturated rings. The zero-order valence-electron chi connectivity index (χ0n) is 11.6. The summed E-state index contributed by atoms with van der Waals surface area (Å²) in [5.74, 6) is 2.76. The predicted molar refractivity (Wildman–Crippen MR) is 76.0 cm³/mol. The van der Waals surface area contributed by atoms with E-state index in [0.29, 0.717) is 25.5 Å². The number of rotatable bonds is 4. The van der Waals surface area contributed by atoms with E-state index in [-0.39, 0.29) is 17.9 Å². The van der Waals surface area contributed by atoms with Crippen molar-refractivity contribution >= 4 is 23.6 Å². The molecule has 0 spiro atoms. The molecule has 0 N–H and O–H groups in total. The third-order valence-corrected chi connectivity index (χ3v) is 4.98. The summed E-state index contributed by atoms with van der Waals surface area (Å²) < 4.78 is 5.06. The van der Waals surface area contributed by atoms with E-state index in [4.69, 9.17) is 4.74 Å². The second-order valence-electron chi connectivity index (χ2n) is 5.26. The Kier molecular flexibility index (Phi) is 5.55. The van der Waals surface area contributed by atoms with Crippen molar-refractivity contribution < 1.29 is 14.3 Å². The van der Waals surface area contributed by atoms with E-state index in [1.165, 1.54) is 11.5 Å². The fraction of sp³-hybridized carbons (Fsp3) is 0.857. The van der Waals surface area contributed by atoms with Crippen molar-refractivity contribution in [3.05, 3.63) is 0 Å². The Morgan fingerprint density at radius 1 is 1.26 bits per heavy atom. The van der Waals surface area contributed by atoms with Gasteiger partial charge >= 0.3 is 5.97 Å². The third kappa shape index (κ3) is 3.88. The molecule has 1 atom stereocenters. The SMILES string of the molecule is CCOC(=O)C1CCCN1C(=O)CC1CCSCC1. The maximum Gasteiger partial charge on any atom is 0.328 e. The van der Waals surface area contributed by atoms with E-state index in [1.54, 1.807) is 11.8 Å². The summed E-state index contributed by atoms with van der Waals surface area (Å²) in [7, 11) is 0. The molecule has 0 aromatic carbocycles. The lowest BCUT2D eigenvalue weighted by atomic mass is 9.98. The molecule has 2 saturated heterocycles. The first-order valence-electron chi connectivity index (χ1n) is 7.26. The van der Waals surface area contributed by atoms with Gasteiger partial charge in [-0.25, -0.2) is 4.79 Å². The van der Waals surface area contributed by atoms with Crippen LogP contribution in [-0.4, -0.2) is 47.5 Å². The molecule has 2 heterocycles. The first-order valence-corrected chi connectivity index (χ1v) is 8.41. The van der Waals surface area contributed by atoms with Gasteiger partial charge in [0.2, 0.25) is 5.91 Å². The van der Waals surface area contributed by atoms with Gasteiger partial charge in [0.1, 0.15) is 6.04 Å². The molecule has 0 bridgehead atoms. The van der Waals surface area contributed by atoms with Crippen LogP contribution in [0.1, 0.15) is 39.0 Å². The smallest absolute Gasteiger partial charge is 0.328 e. The highest BCUT2D eigenvalue weighted by Gasteiger charge is 2.35. The quantitative estimate of drug-likeness (QED) is 0.742. The number of hydrogen-bond donors (Lipinski definition) is 0. The van der Waals surface area contributed by atoms with Crippen molar-refractivity contribution in [2.45, 2.75) is 45.1 Å². The number of carbonyl (C=O) groups excluding carboxylic acids is 2. The predicted octanol–water partition coefficient (Wildman–Crippen LogP) is 2.07. The zero-order valence-corrected chi connectivity index (χ0v) is 12.4. The number of nitrogens with zero attached hydrogens (tertiary/aromatic N) is 1. The molecular formula is C14H23NO3S. The molecule has 1 unspecified atom stereocenters. The third-order valence-electron chi connectivity index (χ3n) is 3.94. The molecule has 19 heavy (non-hydrogen) atoms. The molecule has 2 rings (SSSR count). The van der Waals surface area contributed by atoms with Crippen LogP contribution in [0.25, 0.3) is 0 Å². The number of esters is 1. The normalized spacial score (nSPS) is 24.5. The molecule has 2 aliphatic heterocycles. The Balaban J connectivity index is 1.87. The van der Waals surface area contributed by atoms with Gasteiger partial charge in [-0.1, -0.05) is 0 Å². The van der Waals surface area contributed by atoms with E-state index in [0.717, 1.165) is 25.7 Å². The van der Waals surface area contributed by atoms with Gasteiger partial charge in [0, 0.05) is 13.0 Å². The number of thioether (sulfide) groups is 1. The fourth-order valence-corrected chi connectivity index (χ4v) is 4.07. The minimum absolute atomic E-state index is 0.146. The van der Waals surface area contributed by atoms with Gasteiger partial charge in [-0.3, -0.25) is 4.79 Å². The minimum Gasteiger partial charge on any atom is -0.464 e. The van der Waals surface area contributed by atoms with Gasteiger partial charge in [-0.15, -0.1) is 0 Å². The lowest BCUT2D eigenvalue weighted by Crippen LogP contribution is -2.42. The van der Waals surface area contributed by atoms with Crippen molar-refractivity contribution in [2.24, 2.45) is 5.92 Å². The van der Waals surface area contributed by atoms with Crippen LogP contribution >= 0.6 is 11.8 Å². The first kappa shape index (κ1) is 14.7. The minimum atomic E-state index is -0.328. The molecule has 5 heteroatoms. The Hall–Kier alpha value is -0.710. The topological polar surface area (TPSA) is 46.6 Å². The Morgan fingerprint density at radius 3 is 2.68 bits per heavy atom. The lowest BCUT2D eigenvalue weighted by molar-refractivity contribution is -0.153. The number of amides is 1. The molecule has 108 valence electrons. The van der Waals surface area contributed by atoms with Crippen LogP contribution in [0.5, 0.6) is 0 Å². The van der Waals surface area contributed by atoms with Crippen molar-refractivity contribution in [1.29, 1.82) is 0 Å². The maximum absolute atomic E-state index is 12.3. The van der Waals surface area contributed by atoms with Crippen LogP contribution in [0.3, 0.4) is 0 Å². The van der Waals surface area contributed by atoms with Gasteiger partial charge in [-0.05, 0) is 50.0 Å². The molecule has 0 aliphatic carbocycles. The lowest BCUT2D eigenvalue weighted by Gasteiger charge is -2.27. The highest BCUT2D eigenvalue weighted by Crippen LogP contribution is 2.28. The second-order valence-corrected chi connectivity index (χ2v) is 6.48. The summed E-state index contributed by atoms with van der Waals surface area (Å²) in [6, 6.07) is -0.328. The monoisotopic (exact) mass is 285 g/mol. The Morgan fingerprint density at radius 2 is 2.00 bits per heavy atom. The number of hydrogen-bond acceptors (Lipinski definition) is 4. The molecule has 1 amide bonds. The summed E-state index contributed by atoms with van der Waals surface area (Å²) in [6.45, 7) is 2.90. The van der Waals surface area contributed by atoms with Crippen LogP contribution in [0.15, 0.2) is 0 Å². The highest BCUT2D eigenvalue weighted by molar-refractivity contribution is 7.99. The van der Waals surface area contributed by atoms with Crippen molar-refractivity contribution in [2.75, 3.05) is 24.7 Å². The average molecular weight is 285 g/mol. The van der Waals surface area contributed by atoms with Crippen LogP contribution in [0.2, 0.25) is 0 Å². The van der Waals surface area contributed by atoms with Gasteiger partial charge in [0.25, 0.3) is 0 Å². The van der Waals surface area contributed by atoms with Crippen molar-refractivity contribution in [1.82, 2.24) is 4.90 Å². The summed E-state index contributed by atoms with van der Waals surface area (Å²) in [4.78, 5) is 25.9. The number of ether oxygens (including phenoxy) is 1. The van der Waals surface area contributed by atoms with E-state index in [1.807, 2.05) is 11.8 Å². The van der Waals surface area contributed by atoms with Crippen molar-refractivity contribution in [3.8, 4) is 0 Å². The van der Waals surface area contributed by atoms with Gasteiger partial charge in [0.05, 0.1) is 6.61 Å². The van der Waals surface area contributed by atoms with Gasteiger partial charge < -0.3 is 9.64 Å². The highest BCUT2D eigenvalue weighted by atomic mass is 32.2. The van der Waals surface area contributed by atoms with Gasteiger partial charge in [0.15, 0.2) is 0 Å². The summed E-state index contributed by atoms with van der Waals surface area (Å²) >= 11 is 1.97. The molecule has 0 aromatic heterocycles.